The quantitative estimate of drug-likeness (QED) is 0.825. The largest absolute Gasteiger partial charge is 0.367 e. The fraction of sp³-hybridized carbons (Fsp3) is 0.500. The third kappa shape index (κ3) is 3.85. The average molecular weight is 311 g/mol. The summed E-state index contributed by atoms with van der Waals surface area (Å²) in [5, 5.41) is 3.21. The molecule has 2 heterocycles. The Labute approximate surface area is 129 Å². The van der Waals surface area contributed by atoms with Crippen LogP contribution in [-0.4, -0.2) is 53.9 Å². The van der Waals surface area contributed by atoms with Crippen LogP contribution in [0.25, 0.3) is 0 Å². The fourth-order valence-corrected chi connectivity index (χ4v) is 2.48. The molecule has 0 unspecified atom stereocenters. The van der Waals surface area contributed by atoms with Crippen LogP contribution >= 0.6 is 11.6 Å². The van der Waals surface area contributed by atoms with Gasteiger partial charge in [-0.25, -0.2) is 0 Å². The van der Waals surface area contributed by atoms with E-state index in [9.17, 15) is 9.59 Å². The molecule has 1 aliphatic rings. The molecule has 1 aromatic rings. The maximum Gasteiger partial charge on any atom is 0.312 e. The van der Waals surface area contributed by atoms with Crippen LogP contribution in [0.5, 0.6) is 0 Å². The molecule has 1 N–H and O–H groups in total. The highest BCUT2D eigenvalue weighted by molar-refractivity contribution is 6.35. The van der Waals surface area contributed by atoms with Gasteiger partial charge in [0, 0.05) is 44.6 Å². The van der Waals surface area contributed by atoms with Crippen molar-refractivity contribution in [3.8, 4) is 0 Å². The lowest BCUT2D eigenvalue weighted by molar-refractivity contribution is -0.146. The van der Waals surface area contributed by atoms with Gasteiger partial charge < -0.3 is 15.1 Å². The lowest BCUT2D eigenvalue weighted by Crippen LogP contribution is -2.53. The maximum absolute atomic E-state index is 12.0. The average Bonchev–Trinajstić information content (AvgIpc) is 2.46. The van der Waals surface area contributed by atoms with Crippen molar-refractivity contribution in [3.05, 3.63) is 23.5 Å². The van der Waals surface area contributed by atoms with Crippen molar-refractivity contribution in [1.29, 1.82) is 0 Å². The molecule has 1 fully saturated rings. The minimum absolute atomic E-state index is 0.0432. The van der Waals surface area contributed by atoms with Gasteiger partial charge in [-0.3, -0.25) is 14.6 Å². The number of amides is 2. The molecule has 0 atom stereocenters. The number of anilines is 1. The van der Waals surface area contributed by atoms with Crippen molar-refractivity contribution >= 4 is 29.1 Å². The number of nitrogens with one attached hydrogen (secondary N) is 1. The molecule has 1 aromatic heterocycles. The number of aromatic nitrogens is 1. The van der Waals surface area contributed by atoms with Crippen LogP contribution in [0.4, 0.5) is 5.69 Å². The third-order valence-electron chi connectivity index (χ3n) is 3.27. The van der Waals surface area contributed by atoms with E-state index in [0.717, 1.165) is 5.69 Å². The van der Waals surface area contributed by atoms with Crippen molar-refractivity contribution in [1.82, 2.24) is 15.2 Å². The summed E-state index contributed by atoms with van der Waals surface area (Å²) in [4.78, 5) is 31.3. The standard InChI is InChI=1S/C14H19ClN4O2/c1-10(2)17-13(20)14(21)19-7-5-18(6-8-19)12-3-4-16-9-11(12)15/h3-4,9-10H,5-8H2,1-2H3,(H,17,20). The van der Waals surface area contributed by atoms with Gasteiger partial charge in [0.25, 0.3) is 0 Å². The van der Waals surface area contributed by atoms with Gasteiger partial charge in [-0.2, -0.15) is 0 Å². The van der Waals surface area contributed by atoms with E-state index in [2.05, 4.69) is 15.2 Å². The molecule has 114 valence electrons. The van der Waals surface area contributed by atoms with E-state index in [0.29, 0.717) is 31.2 Å². The third-order valence-corrected chi connectivity index (χ3v) is 3.56. The summed E-state index contributed by atoms with van der Waals surface area (Å²) in [6.45, 7) is 5.95. The summed E-state index contributed by atoms with van der Waals surface area (Å²) in [6, 6.07) is 1.81. The van der Waals surface area contributed by atoms with Crippen LogP contribution in [0.2, 0.25) is 5.02 Å². The van der Waals surface area contributed by atoms with Crippen LogP contribution in [0.15, 0.2) is 18.5 Å². The van der Waals surface area contributed by atoms with E-state index in [-0.39, 0.29) is 6.04 Å². The minimum atomic E-state index is -0.541. The molecule has 0 aromatic carbocycles. The van der Waals surface area contributed by atoms with Gasteiger partial charge >= 0.3 is 11.8 Å². The molecule has 0 aliphatic carbocycles. The second-order valence-corrected chi connectivity index (χ2v) is 5.64. The highest BCUT2D eigenvalue weighted by atomic mass is 35.5. The molecule has 21 heavy (non-hydrogen) atoms. The van der Waals surface area contributed by atoms with Crippen molar-refractivity contribution in [2.45, 2.75) is 19.9 Å². The number of carbonyl (C=O) groups excluding carboxylic acids is 2. The van der Waals surface area contributed by atoms with Crippen LogP contribution < -0.4 is 10.2 Å². The molecule has 0 saturated carbocycles. The number of nitrogens with zero attached hydrogens (tertiary/aromatic N) is 3. The van der Waals surface area contributed by atoms with Gasteiger partial charge in [0.05, 0.1) is 10.7 Å². The normalized spacial score (nSPS) is 15.2. The first-order chi connectivity index (χ1) is 9.99. The van der Waals surface area contributed by atoms with Crippen molar-refractivity contribution in [2.24, 2.45) is 0 Å². The number of piperazine rings is 1. The summed E-state index contributed by atoms with van der Waals surface area (Å²) in [6.07, 6.45) is 3.29. The zero-order valence-corrected chi connectivity index (χ0v) is 12.9. The molecule has 2 amide bonds. The van der Waals surface area contributed by atoms with E-state index >= 15 is 0 Å². The van der Waals surface area contributed by atoms with E-state index in [1.54, 1.807) is 17.3 Å². The van der Waals surface area contributed by atoms with Gasteiger partial charge in [0.15, 0.2) is 0 Å². The Morgan fingerprint density at radius 3 is 2.52 bits per heavy atom. The number of halogens is 1. The monoisotopic (exact) mass is 310 g/mol. The Hall–Kier alpha value is -1.82. The number of hydrogen-bond acceptors (Lipinski definition) is 4. The molecule has 0 spiro atoms. The maximum atomic E-state index is 12.0. The Morgan fingerprint density at radius 1 is 1.29 bits per heavy atom. The fourth-order valence-electron chi connectivity index (χ4n) is 2.24. The summed E-state index contributed by atoms with van der Waals surface area (Å²) >= 11 is 6.12. The van der Waals surface area contributed by atoms with Crippen molar-refractivity contribution < 1.29 is 9.59 Å². The van der Waals surface area contributed by atoms with Crippen molar-refractivity contribution in [3.63, 3.8) is 0 Å². The highest BCUT2D eigenvalue weighted by Crippen LogP contribution is 2.25. The van der Waals surface area contributed by atoms with Gasteiger partial charge in [-0.15, -0.1) is 0 Å². The van der Waals surface area contributed by atoms with Crippen LogP contribution in [0.3, 0.4) is 0 Å². The molecule has 1 saturated heterocycles. The number of carbonyl (C=O) groups is 2. The van der Waals surface area contributed by atoms with E-state index in [4.69, 9.17) is 11.6 Å². The van der Waals surface area contributed by atoms with Gasteiger partial charge in [-0.1, -0.05) is 11.6 Å². The smallest absolute Gasteiger partial charge is 0.312 e. The zero-order chi connectivity index (χ0) is 15.4. The van der Waals surface area contributed by atoms with E-state index in [1.165, 1.54) is 0 Å². The van der Waals surface area contributed by atoms with Gasteiger partial charge in [0.1, 0.15) is 0 Å². The molecular formula is C14H19ClN4O2. The number of pyridine rings is 1. The Kier molecular flexibility index (Phi) is 5.01. The van der Waals surface area contributed by atoms with Crippen LogP contribution in [0.1, 0.15) is 13.8 Å². The minimum Gasteiger partial charge on any atom is -0.367 e. The lowest BCUT2D eigenvalue weighted by Gasteiger charge is -2.36. The SMILES string of the molecule is CC(C)NC(=O)C(=O)N1CCN(c2ccncc2Cl)CC1. The zero-order valence-electron chi connectivity index (χ0n) is 12.2. The highest BCUT2D eigenvalue weighted by Gasteiger charge is 2.26. The first-order valence-corrected chi connectivity index (χ1v) is 7.31. The predicted molar refractivity (Wildman–Crippen MR) is 81.3 cm³/mol. The second kappa shape index (κ2) is 6.76. The molecular weight excluding hydrogens is 292 g/mol. The first kappa shape index (κ1) is 15.6. The van der Waals surface area contributed by atoms with E-state index < -0.39 is 11.8 Å². The summed E-state index contributed by atoms with van der Waals surface area (Å²) in [5.74, 6) is -1.01. The van der Waals surface area contributed by atoms with Crippen LogP contribution in [0, 0.1) is 0 Å². The number of hydrogen-bond donors (Lipinski definition) is 1. The summed E-state index contributed by atoms with van der Waals surface area (Å²) < 4.78 is 0. The summed E-state index contributed by atoms with van der Waals surface area (Å²) in [5.41, 5.74) is 0.908. The topological polar surface area (TPSA) is 65.5 Å². The Morgan fingerprint density at radius 2 is 1.95 bits per heavy atom. The van der Waals surface area contributed by atoms with Crippen LogP contribution in [-0.2, 0) is 9.59 Å². The molecule has 7 heteroatoms. The van der Waals surface area contributed by atoms with Gasteiger partial charge in [0.2, 0.25) is 0 Å². The lowest BCUT2D eigenvalue weighted by atomic mass is 10.2. The van der Waals surface area contributed by atoms with Crippen molar-refractivity contribution in [2.75, 3.05) is 31.1 Å². The molecule has 1 aliphatic heterocycles. The van der Waals surface area contributed by atoms with Gasteiger partial charge in [-0.05, 0) is 19.9 Å². The summed E-state index contributed by atoms with van der Waals surface area (Å²) in [7, 11) is 0. The second-order valence-electron chi connectivity index (χ2n) is 5.23. The Balaban J connectivity index is 1.93. The molecule has 0 bridgehead atoms. The predicted octanol–water partition coefficient (Wildman–Crippen LogP) is 0.908. The number of rotatable bonds is 2. The first-order valence-electron chi connectivity index (χ1n) is 6.93. The molecule has 0 radical (unpaired) electrons. The van der Waals surface area contributed by atoms with E-state index in [1.807, 2.05) is 19.9 Å². The molecule has 6 nitrogen and oxygen atoms in total. The Bertz CT molecular complexity index is 527. The molecule has 2 rings (SSSR count).